The maximum atomic E-state index is 12.9. The van der Waals surface area contributed by atoms with Crippen molar-refractivity contribution < 1.29 is 9.53 Å². The minimum absolute atomic E-state index is 0. The summed E-state index contributed by atoms with van der Waals surface area (Å²) >= 11 is 3.42. The van der Waals surface area contributed by atoms with E-state index in [1.54, 1.807) is 7.11 Å². The molecule has 116 valence electrons. The fraction of sp³-hybridized carbons (Fsp3) is 0.533. The molecule has 2 aliphatic heterocycles. The van der Waals surface area contributed by atoms with Crippen LogP contribution >= 0.6 is 28.3 Å². The van der Waals surface area contributed by atoms with Crippen LogP contribution in [0.3, 0.4) is 0 Å². The van der Waals surface area contributed by atoms with E-state index in [2.05, 4.69) is 26.1 Å². The molecule has 2 bridgehead atoms. The summed E-state index contributed by atoms with van der Waals surface area (Å²) in [6.07, 6.45) is 3.26. The van der Waals surface area contributed by atoms with Gasteiger partial charge in [0.25, 0.3) is 5.91 Å². The predicted molar refractivity (Wildman–Crippen MR) is 88.4 cm³/mol. The van der Waals surface area contributed by atoms with Gasteiger partial charge in [0.1, 0.15) is 5.75 Å². The lowest BCUT2D eigenvalue weighted by Gasteiger charge is -2.28. The molecule has 0 aromatic heterocycles. The van der Waals surface area contributed by atoms with Gasteiger partial charge in [0.05, 0.1) is 12.7 Å². The second kappa shape index (κ2) is 6.99. The number of amides is 1. The molecule has 1 amide bonds. The van der Waals surface area contributed by atoms with E-state index in [9.17, 15) is 4.79 Å². The Morgan fingerprint density at radius 1 is 1.33 bits per heavy atom. The second-order valence-electron chi connectivity index (χ2n) is 5.43. The number of carbonyl (C=O) groups excluding carboxylic acids is 1. The lowest BCUT2D eigenvalue weighted by molar-refractivity contribution is 0.0677. The minimum Gasteiger partial charge on any atom is -0.496 e. The molecule has 2 atom stereocenters. The zero-order valence-corrected chi connectivity index (χ0v) is 14.4. The highest BCUT2D eigenvalue weighted by atomic mass is 79.9. The first-order valence-electron chi connectivity index (χ1n) is 7.07. The molecule has 1 aromatic rings. The van der Waals surface area contributed by atoms with Gasteiger partial charge in [0.15, 0.2) is 0 Å². The summed E-state index contributed by atoms with van der Waals surface area (Å²) < 4.78 is 6.29. The molecule has 2 aliphatic rings. The Bertz CT molecular complexity index is 512. The Balaban J connectivity index is 0.00000161. The van der Waals surface area contributed by atoms with Crippen LogP contribution in [-0.2, 0) is 0 Å². The maximum Gasteiger partial charge on any atom is 0.258 e. The van der Waals surface area contributed by atoms with Crippen molar-refractivity contribution in [1.29, 1.82) is 0 Å². The Morgan fingerprint density at radius 3 is 2.86 bits per heavy atom. The van der Waals surface area contributed by atoms with Crippen molar-refractivity contribution in [1.82, 2.24) is 10.2 Å². The van der Waals surface area contributed by atoms with Gasteiger partial charge < -0.3 is 15.0 Å². The number of hydrogen-bond acceptors (Lipinski definition) is 3. The third-order valence-corrected chi connectivity index (χ3v) is 4.78. The normalized spacial score (nSPS) is 24.2. The summed E-state index contributed by atoms with van der Waals surface area (Å²) in [4.78, 5) is 15.0. The summed E-state index contributed by atoms with van der Waals surface area (Å²) in [6.45, 7) is 1.91. The van der Waals surface area contributed by atoms with Crippen LogP contribution in [0.25, 0.3) is 0 Å². The number of halogens is 2. The van der Waals surface area contributed by atoms with Gasteiger partial charge in [0, 0.05) is 23.1 Å². The van der Waals surface area contributed by atoms with Crippen LogP contribution in [0.5, 0.6) is 5.75 Å². The SMILES string of the molecule is COc1cc(Br)ccc1C(=O)N1C2CCNCC1CC2.Cl. The molecule has 2 fully saturated rings. The number of fused-ring (bicyclic) bond motifs is 2. The Kier molecular flexibility index (Phi) is 5.52. The lowest BCUT2D eigenvalue weighted by Crippen LogP contribution is -2.42. The predicted octanol–water partition coefficient (Wildman–Crippen LogP) is 2.85. The molecule has 2 heterocycles. The molecule has 6 heteroatoms. The molecule has 2 unspecified atom stereocenters. The second-order valence-corrected chi connectivity index (χ2v) is 6.35. The number of benzene rings is 1. The molecule has 0 radical (unpaired) electrons. The first-order valence-corrected chi connectivity index (χ1v) is 7.87. The average Bonchev–Trinajstić information content (AvgIpc) is 2.71. The number of nitrogens with one attached hydrogen (secondary N) is 1. The third-order valence-electron chi connectivity index (χ3n) is 4.28. The van der Waals surface area contributed by atoms with E-state index in [4.69, 9.17) is 4.74 Å². The standard InChI is InChI=1S/C15H19BrN2O2.ClH/c1-20-14-8-10(16)2-5-13(14)15(19)18-11-3-4-12(18)9-17-7-6-11;/h2,5,8,11-12,17H,3-4,6-7,9H2,1H3;1H. The quantitative estimate of drug-likeness (QED) is 0.864. The van der Waals surface area contributed by atoms with Crippen LogP contribution in [0.2, 0.25) is 0 Å². The number of carbonyl (C=O) groups is 1. The molecule has 0 saturated carbocycles. The van der Waals surface area contributed by atoms with Crippen LogP contribution in [0.1, 0.15) is 29.6 Å². The number of rotatable bonds is 2. The highest BCUT2D eigenvalue weighted by Crippen LogP contribution is 2.32. The molecule has 1 aromatic carbocycles. The van der Waals surface area contributed by atoms with Crippen LogP contribution in [0.4, 0.5) is 0 Å². The van der Waals surface area contributed by atoms with E-state index in [-0.39, 0.29) is 18.3 Å². The largest absolute Gasteiger partial charge is 0.496 e. The molecule has 4 nitrogen and oxygen atoms in total. The molecular formula is C15H20BrClN2O2. The van der Waals surface area contributed by atoms with Crippen molar-refractivity contribution in [2.45, 2.75) is 31.3 Å². The highest BCUT2D eigenvalue weighted by Gasteiger charge is 2.39. The van der Waals surface area contributed by atoms with Crippen molar-refractivity contribution in [2.24, 2.45) is 0 Å². The zero-order chi connectivity index (χ0) is 14.1. The van der Waals surface area contributed by atoms with E-state index in [0.717, 1.165) is 36.8 Å². The molecular weight excluding hydrogens is 356 g/mol. The smallest absolute Gasteiger partial charge is 0.258 e. The van der Waals surface area contributed by atoms with Crippen LogP contribution in [-0.4, -0.2) is 43.1 Å². The summed E-state index contributed by atoms with van der Waals surface area (Å²) in [5, 5.41) is 3.42. The minimum atomic E-state index is 0. The number of methoxy groups -OCH3 is 1. The maximum absolute atomic E-state index is 12.9. The summed E-state index contributed by atoms with van der Waals surface area (Å²) in [5.74, 6) is 0.742. The number of nitrogens with zero attached hydrogens (tertiary/aromatic N) is 1. The Hall–Kier alpha value is -0.780. The first-order chi connectivity index (χ1) is 9.70. The lowest BCUT2D eigenvalue weighted by atomic mass is 10.1. The molecule has 3 rings (SSSR count). The van der Waals surface area contributed by atoms with Gasteiger partial charge in [0.2, 0.25) is 0 Å². The molecule has 0 spiro atoms. The van der Waals surface area contributed by atoms with Crippen molar-refractivity contribution >= 4 is 34.2 Å². The van der Waals surface area contributed by atoms with Crippen LogP contribution in [0.15, 0.2) is 22.7 Å². The summed E-state index contributed by atoms with van der Waals surface area (Å²) in [5.41, 5.74) is 0.662. The average molecular weight is 376 g/mol. The van der Waals surface area contributed by atoms with Crippen molar-refractivity contribution in [3.05, 3.63) is 28.2 Å². The summed E-state index contributed by atoms with van der Waals surface area (Å²) in [7, 11) is 1.61. The fourth-order valence-corrected chi connectivity index (χ4v) is 3.63. The van der Waals surface area contributed by atoms with Crippen LogP contribution < -0.4 is 10.1 Å². The van der Waals surface area contributed by atoms with Gasteiger partial charge in [-0.1, -0.05) is 15.9 Å². The van der Waals surface area contributed by atoms with Gasteiger partial charge in [-0.3, -0.25) is 4.79 Å². The summed E-state index contributed by atoms with van der Waals surface area (Å²) in [6, 6.07) is 6.29. The van der Waals surface area contributed by atoms with E-state index in [1.165, 1.54) is 0 Å². The third kappa shape index (κ3) is 3.20. The Morgan fingerprint density at radius 2 is 2.10 bits per heavy atom. The fourth-order valence-electron chi connectivity index (χ4n) is 3.29. The monoisotopic (exact) mass is 374 g/mol. The Labute approximate surface area is 139 Å². The van der Waals surface area contributed by atoms with Crippen molar-refractivity contribution in [2.75, 3.05) is 20.2 Å². The first kappa shape index (κ1) is 16.6. The topological polar surface area (TPSA) is 41.6 Å². The number of ether oxygens (including phenoxy) is 1. The highest BCUT2D eigenvalue weighted by molar-refractivity contribution is 9.10. The van der Waals surface area contributed by atoms with E-state index < -0.39 is 0 Å². The molecule has 21 heavy (non-hydrogen) atoms. The van der Waals surface area contributed by atoms with E-state index >= 15 is 0 Å². The molecule has 2 saturated heterocycles. The number of hydrogen-bond donors (Lipinski definition) is 1. The van der Waals surface area contributed by atoms with Gasteiger partial charge in [-0.15, -0.1) is 12.4 Å². The van der Waals surface area contributed by atoms with Gasteiger partial charge in [-0.2, -0.15) is 0 Å². The zero-order valence-electron chi connectivity index (χ0n) is 12.0. The van der Waals surface area contributed by atoms with Gasteiger partial charge in [-0.05, 0) is 44.0 Å². The van der Waals surface area contributed by atoms with Gasteiger partial charge >= 0.3 is 0 Å². The van der Waals surface area contributed by atoms with Gasteiger partial charge in [-0.25, -0.2) is 0 Å². The van der Waals surface area contributed by atoms with Crippen molar-refractivity contribution in [3.63, 3.8) is 0 Å². The molecule has 1 N–H and O–H groups in total. The van der Waals surface area contributed by atoms with E-state index in [1.807, 2.05) is 18.2 Å². The van der Waals surface area contributed by atoms with E-state index in [0.29, 0.717) is 23.4 Å². The van der Waals surface area contributed by atoms with Crippen molar-refractivity contribution in [3.8, 4) is 5.75 Å². The molecule has 0 aliphatic carbocycles. The van der Waals surface area contributed by atoms with Crippen LogP contribution in [0, 0.1) is 0 Å².